The van der Waals surface area contributed by atoms with E-state index in [-0.39, 0.29) is 18.0 Å². The lowest BCUT2D eigenvalue weighted by Gasteiger charge is -2.25. The molecular formula is C11H21N3O. The van der Waals surface area contributed by atoms with E-state index < -0.39 is 0 Å². The van der Waals surface area contributed by atoms with Gasteiger partial charge in [-0.05, 0) is 39.2 Å². The Morgan fingerprint density at radius 2 is 2.27 bits per heavy atom. The van der Waals surface area contributed by atoms with Crippen molar-refractivity contribution in [3.63, 3.8) is 0 Å². The Labute approximate surface area is 91.2 Å². The van der Waals surface area contributed by atoms with E-state index in [1.807, 2.05) is 6.92 Å². The van der Waals surface area contributed by atoms with Crippen molar-refractivity contribution >= 4 is 5.91 Å². The second kappa shape index (κ2) is 4.49. The van der Waals surface area contributed by atoms with Crippen molar-refractivity contribution in [3.8, 4) is 0 Å². The topological polar surface area (TPSA) is 58.4 Å². The Morgan fingerprint density at radius 3 is 2.87 bits per heavy atom. The summed E-state index contributed by atoms with van der Waals surface area (Å²) >= 11 is 0. The average Bonchev–Trinajstić information content (AvgIpc) is 2.83. The van der Waals surface area contributed by atoms with Gasteiger partial charge in [-0.15, -0.1) is 0 Å². The van der Waals surface area contributed by atoms with Gasteiger partial charge in [0.1, 0.15) is 0 Å². The van der Waals surface area contributed by atoms with Gasteiger partial charge in [0.05, 0.1) is 6.04 Å². The molecule has 3 N–H and O–H groups in total. The fourth-order valence-corrected chi connectivity index (χ4v) is 2.24. The van der Waals surface area contributed by atoms with Gasteiger partial charge < -0.3 is 11.1 Å². The van der Waals surface area contributed by atoms with Crippen LogP contribution in [-0.2, 0) is 4.79 Å². The van der Waals surface area contributed by atoms with E-state index in [1.165, 1.54) is 0 Å². The van der Waals surface area contributed by atoms with Crippen LogP contribution in [0, 0.1) is 0 Å². The normalized spacial score (nSPS) is 29.1. The van der Waals surface area contributed by atoms with Gasteiger partial charge in [-0.2, -0.15) is 0 Å². The predicted octanol–water partition coefficient (Wildman–Crippen LogP) is 0.0766. The molecule has 2 aliphatic rings. The molecule has 1 saturated heterocycles. The van der Waals surface area contributed by atoms with Crippen LogP contribution in [0.25, 0.3) is 0 Å². The van der Waals surface area contributed by atoms with Crippen molar-refractivity contribution in [3.05, 3.63) is 0 Å². The fourth-order valence-electron chi connectivity index (χ4n) is 2.24. The molecule has 2 atom stereocenters. The molecule has 0 aromatic rings. The van der Waals surface area contributed by atoms with Crippen molar-refractivity contribution in [2.24, 2.45) is 5.73 Å². The smallest absolute Gasteiger partial charge is 0.237 e. The molecule has 1 saturated carbocycles. The zero-order chi connectivity index (χ0) is 10.8. The number of amides is 1. The zero-order valence-corrected chi connectivity index (χ0v) is 9.41. The maximum absolute atomic E-state index is 11.9. The van der Waals surface area contributed by atoms with E-state index in [0.29, 0.717) is 6.04 Å². The van der Waals surface area contributed by atoms with Crippen LogP contribution in [0.4, 0.5) is 0 Å². The lowest BCUT2D eigenvalue weighted by Crippen LogP contribution is -2.47. The Kier molecular flexibility index (Phi) is 3.26. The van der Waals surface area contributed by atoms with Crippen molar-refractivity contribution in [1.82, 2.24) is 10.2 Å². The molecule has 1 heterocycles. The number of carbonyl (C=O) groups is 1. The van der Waals surface area contributed by atoms with Gasteiger partial charge in [-0.25, -0.2) is 0 Å². The molecule has 2 fully saturated rings. The van der Waals surface area contributed by atoms with Gasteiger partial charge in [0.15, 0.2) is 0 Å². The van der Waals surface area contributed by atoms with Crippen LogP contribution < -0.4 is 11.1 Å². The molecule has 0 bridgehead atoms. The molecule has 2 unspecified atom stereocenters. The quantitative estimate of drug-likeness (QED) is 0.692. The van der Waals surface area contributed by atoms with E-state index >= 15 is 0 Å². The van der Waals surface area contributed by atoms with E-state index in [0.717, 1.165) is 38.8 Å². The van der Waals surface area contributed by atoms with Gasteiger partial charge in [-0.3, -0.25) is 9.69 Å². The van der Waals surface area contributed by atoms with Gasteiger partial charge in [0, 0.05) is 18.6 Å². The Bertz CT molecular complexity index is 238. The molecule has 1 aliphatic carbocycles. The molecule has 0 aromatic carbocycles. The van der Waals surface area contributed by atoms with Gasteiger partial charge in [0.25, 0.3) is 0 Å². The van der Waals surface area contributed by atoms with Crippen molar-refractivity contribution < 1.29 is 4.79 Å². The van der Waals surface area contributed by atoms with E-state index in [1.54, 1.807) is 0 Å². The molecule has 86 valence electrons. The Morgan fingerprint density at radius 1 is 1.53 bits per heavy atom. The minimum atomic E-state index is 0.0802. The molecule has 4 heteroatoms. The second-order valence-corrected chi connectivity index (χ2v) is 4.91. The monoisotopic (exact) mass is 211 g/mol. The highest BCUT2D eigenvalue weighted by Gasteiger charge is 2.33. The van der Waals surface area contributed by atoms with Crippen LogP contribution >= 0.6 is 0 Å². The summed E-state index contributed by atoms with van der Waals surface area (Å²) in [7, 11) is 0. The van der Waals surface area contributed by atoms with Crippen LogP contribution in [0.1, 0.15) is 32.6 Å². The fraction of sp³-hybridized carbons (Fsp3) is 0.909. The minimum absolute atomic E-state index is 0.0802. The van der Waals surface area contributed by atoms with Crippen LogP contribution in [0.3, 0.4) is 0 Å². The molecule has 2 rings (SSSR count). The number of nitrogens with zero attached hydrogens (tertiary/aromatic N) is 1. The summed E-state index contributed by atoms with van der Waals surface area (Å²) in [5, 5.41) is 3.08. The molecule has 0 spiro atoms. The van der Waals surface area contributed by atoms with Crippen molar-refractivity contribution in [2.45, 2.75) is 50.7 Å². The van der Waals surface area contributed by atoms with Crippen LogP contribution in [-0.4, -0.2) is 42.0 Å². The summed E-state index contributed by atoms with van der Waals surface area (Å²) in [6, 6.07) is 0.700. The SMILES string of the molecule is CC(N)CN1CCCC1C(=O)NC1CC1. The van der Waals surface area contributed by atoms with E-state index in [9.17, 15) is 4.79 Å². The predicted molar refractivity (Wildman–Crippen MR) is 59.4 cm³/mol. The number of nitrogens with one attached hydrogen (secondary N) is 1. The highest BCUT2D eigenvalue weighted by atomic mass is 16.2. The minimum Gasteiger partial charge on any atom is -0.352 e. The number of nitrogens with two attached hydrogens (primary N) is 1. The van der Waals surface area contributed by atoms with E-state index in [2.05, 4.69) is 10.2 Å². The molecular weight excluding hydrogens is 190 g/mol. The third kappa shape index (κ3) is 2.92. The number of carbonyl (C=O) groups excluding carboxylic acids is 1. The third-order valence-corrected chi connectivity index (χ3v) is 3.11. The molecule has 1 amide bonds. The Hall–Kier alpha value is -0.610. The van der Waals surface area contributed by atoms with Gasteiger partial charge in [0.2, 0.25) is 5.91 Å². The van der Waals surface area contributed by atoms with Crippen molar-refractivity contribution in [1.29, 1.82) is 0 Å². The molecule has 15 heavy (non-hydrogen) atoms. The molecule has 4 nitrogen and oxygen atoms in total. The van der Waals surface area contributed by atoms with Gasteiger partial charge in [-0.1, -0.05) is 0 Å². The largest absolute Gasteiger partial charge is 0.352 e. The second-order valence-electron chi connectivity index (χ2n) is 4.91. The maximum atomic E-state index is 11.9. The van der Waals surface area contributed by atoms with Crippen LogP contribution in [0.15, 0.2) is 0 Å². The maximum Gasteiger partial charge on any atom is 0.237 e. The molecule has 0 aromatic heterocycles. The lowest BCUT2D eigenvalue weighted by atomic mass is 10.2. The number of rotatable bonds is 4. The summed E-state index contributed by atoms with van der Waals surface area (Å²) in [5.41, 5.74) is 5.77. The third-order valence-electron chi connectivity index (χ3n) is 3.11. The first-order chi connectivity index (χ1) is 7.16. The number of hydrogen-bond acceptors (Lipinski definition) is 3. The lowest BCUT2D eigenvalue weighted by molar-refractivity contribution is -0.125. The summed E-state index contributed by atoms with van der Waals surface area (Å²) < 4.78 is 0. The molecule has 0 radical (unpaired) electrons. The van der Waals surface area contributed by atoms with E-state index in [4.69, 9.17) is 5.73 Å². The first kappa shape index (κ1) is 10.9. The van der Waals surface area contributed by atoms with Crippen LogP contribution in [0.2, 0.25) is 0 Å². The zero-order valence-electron chi connectivity index (χ0n) is 9.41. The van der Waals surface area contributed by atoms with Crippen molar-refractivity contribution in [2.75, 3.05) is 13.1 Å². The number of hydrogen-bond donors (Lipinski definition) is 2. The molecule has 1 aliphatic heterocycles. The highest BCUT2D eigenvalue weighted by molar-refractivity contribution is 5.82. The summed E-state index contributed by atoms with van der Waals surface area (Å²) in [4.78, 5) is 14.1. The summed E-state index contributed by atoms with van der Waals surface area (Å²) in [5.74, 6) is 0.218. The highest BCUT2D eigenvalue weighted by Crippen LogP contribution is 2.22. The first-order valence-corrected chi connectivity index (χ1v) is 5.97. The standard InChI is InChI=1S/C11H21N3O/c1-8(12)7-14-6-2-3-10(14)11(15)13-9-4-5-9/h8-10H,2-7,12H2,1H3,(H,13,15). The van der Waals surface area contributed by atoms with Gasteiger partial charge >= 0.3 is 0 Å². The Balaban J connectivity index is 1.85. The summed E-state index contributed by atoms with van der Waals surface area (Å²) in [6.07, 6.45) is 4.43. The first-order valence-electron chi connectivity index (χ1n) is 5.97. The average molecular weight is 211 g/mol. The summed E-state index contributed by atoms with van der Waals surface area (Å²) in [6.45, 7) is 3.85. The number of likely N-dealkylation sites (tertiary alicyclic amines) is 1. The van der Waals surface area contributed by atoms with Crippen LogP contribution in [0.5, 0.6) is 0 Å².